The number of benzene rings is 1. The van der Waals surface area contributed by atoms with Crippen LogP contribution in [0.2, 0.25) is 5.02 Å². The molecule has 0 saturated carbocycles. The predicted molar refractivity (Wildman–Crippen MR) is 66.6 cm³/mol. The van der Waals surface area contributed by atoms with Crippen LogP contribution in [0.4, 0.5) is 15.9 Å². The Morgan fingerprint density at radius 3 is 2.69 bits per heavy atom. The SMILES string of the molecule is Fc1cc(Nc2ccc(Br)cn2)ccc1Cl. The van der Waals surface area contributed by atoms with Gasteiger partial charge in [0.15, 0.2) is 0 Å². The van der Waals surface area contributed by atoms with E-state index in [9.17, 15) is 4.39 Å². The zero-order valence-corrected chi connectivity index (χ0v) is 10.4. The summed E-state index contributed by atoms with van der Waals surface area (Å²) in [6.07, 6.45) is 1.66. The second-order valence-corrected chi connectivity index (χ2v) is 4.44. The van der Waals surface area contributed by atoms with E-state index in [0.717, 1.165) is 4.47 Å². The number of pyridine rings is 1. The highest BCUT2D eigenvalue weighted by atomic mass is 79.9. The highest BCUT2D eigenvalue weighted by Gasteiger charge is 2.01. The second-order valence-electron chi connectivity index (χ2n) is 3.12. The van der Waals surface area contributed by atoms with E-state index in [1.807, 2.05) is 6.07 Å². The molecule has 16 heavy (non-hydrogen) atoms. The van der Waals surface area contributed by atoms with Gasteiger partial charge in [0, 0.05) is 16.4 Å². The van der Waals surface area contributed by atoms with Crippen LogP contribution in [0.5, 0.6) is 0 Å². The first-order valence-corrected chi connectivity index (χ1v) is 5.66. The van der Waals surface area contributed by atoms with Gasteiger partial charge in [-0.05, 0) is 46.3 Å². The summed E-state index contributed by atoms with van der Waals surface area (Å²) in [5, 5.41) is 3.07. The van der Waals surface area contributed by atoms with E-state index in [1.165, 1.54) is 12.1 Å². The minimum Gasteiger partial charge on any atom is -0.340 e. The van der Waals surface area contributed by atoms with E-state index in [0.29, 0.717) is 11.5 Å². The standard InChI is InChI=1S/C11H7BrClFN2/c12-7-1-4-11(15-6-7)16-8-2-3-9(13)10(14)5-8/h1-6H,(H,15,16). The Morgan fingerprint density at radius 1 is 1.25 bits per heavy atom. The molecule has 0 radical (unpaired) electrons. The fraction of sp³-hybridized carbons (Fsp3) is 0. The average molecular weight is 302 g/mol. The molecule has 5 heteroatoms. The molecule has 0 bridgehead atoms. The van der Waals surface area contributed by atoms with Crippen LogP contribution in [-0.4, -0.2) is 4.98 Å². The second kappa shape index (κ2) is 4.80. The quantitative estimate of drug-likeness (QED) is 0.890. The lowest BCUT2D eigenvalue weighted by Gasteiger charge is -2.05. The topological polar surface area (TPSA) is 24.9 Å². The van der Waals surface area contributed by atoms with Crippen molar-refractivity contribution in [1.82, 2.24) is 4.98 Å². The maximum Gasteiger partial charge on any atom is 0.143 e. The highest BCUT2D eigenvalue weighted by molar-refractivity contribution is 9.10. The Labute approximate surface area is 106 Å². The van der Waals surface area contributed by atoms with Gasteiger partial charge in [0.1, 0.15) is 11.6 Å². The number of anilines is 2. The molecule has 0 aliphatic heterocycles. The van der Waals surface area contributed by atoms with Crippen molar-refractivity contribution in [1.29, 1.82) is 0 Å². The van der Waals surface area contributed by atoms with E-state index < -0.39 is 5.82 Å². The average Bonchev–Trinajstić information content (AvgIpc) is 2.27. The molecule has 1 aromatic heterocycles. The summed E-state index contributed by atoms with van der Waals surface area (Å²) in [6, 6.07) is 8.15. The van der Waals surface area contributed by atoms with E-state index in [2.05, 4.69) is 26.2 Å². The van der Waals surface area contributed by atoms with Crippen molar-refractivity contribution in [2.75, 3.05) is 5.32 Å². The molecule has 2 nitrogen and oxygen atoms in total. The molecule has 1 aromatic carbocycles. The molecule has 2 rings (SSSR count). The fourth-order valence-electron chi connectivity index (χ4n) is 1.17. The maximum atomic E-state index is 13.1. The van der Waals surface area contributed by atoms with Crippen LogP contribution >= 0.6 is 27.5 Å². The number of nitrogens with zero attached hydrogens (tertiary/aromatic N) is 1. The lowest BCUT2D eigenvalue weighted by molar-refractivity contribution is 0.629. The van der Waals surface area contributed by atoms with Gasteiger partial charge in [0.2, 0.25) is 0 Å². The van der Waals surface area contributed by atoms with Gasteiger partial charge in [-0.2, -0.15) is 0 Å². The van der Waals surface area contributed by atoms with E-state index in [1.54, 1.807) is 18.3 Å². The van der Waals surface area contributed by atoms with Crippen LogP contribution in [0.3, 0.4) is 0 Å². The summed E-state index contributed by atoms with van der Waals surface area (Å²) < 4.78 is 14.0. The van der Waals surface area contributed by atoms with Crippen molar-refractivity contribution in [3.05, 3.63) is 51.8 Å². The van der Waals surface area contributed by atoms with Crippen molar-refractivity contribution >= 4 is 39.0 Å². The van der Waals surface area contributed by atoms with Gasteiger partial charge in [0.25, 0.3) is 0 Å². The third-order valence-corrected chi connectivity index (χ3v) is 2.70. The number of hydrogen-bond acceptors (Lipinski definition) is 2. The smallest absolute Gasteiger partial charge is 0.143 e. The first-order valence-electron chi connectivity index (χ1n) is 4.49. The van der Waals surface area contributed by atoms with Crippen LogP contribution < -0.4 is 5.32 Å². The summed E-state index contributed by atoms with van der Waals surface area (Å²) in [4.78, 5) is 4.11. The van der Waals surface area contributed by atoms with Crippen molar-refractivity contribution in [2.24, 2.45) is 0 Å². The summed E-state index contributed by atoms with van der Waals surface area (Å²) in [6.45, 7) is 0. The molecule has 0 aliphatic rings. The minimum atomic E-state index is -0.455. The fourth-order valence-corrected chi connectivity index (χ4v) is 1.52. The van der Waals surface area contributed by atoms with Crippen molar-refractivity contribution < 1.29 is 4.39 Å². The van der Waals surface area contributed by atoms with Crippen LogP contribution in [0.25, 0.3) is 0 Å². The monoisotopic (exact) mass is 300 g/mol. The molecule has 0 amide bonds. The summed E-state index contributed by atoms with van der Waals surface area (Å²) in [5.41, 5.74) is 0.608. The summed E-state index contributed by atoms with van der Waals surface area (Å²) in [7, 11) is 0. The molecular formula is C11H7BrClFN2. The van der Waals surface area contributed by atoms with Crippen molar-refractivity contribution in [3.8, 4) is 0 Å². The Hall–Kier alpha value is -1.13. The van der Waals surface area contributed by atoms with Crippen molar-refractivity contribution in [2.45, 2.75) is 0 Å². The highest BCUT2D eigenvalue weighted by Crippen LogP contribution is 2.21. The lowest BCUT2D eigenvalue weighted by Crippen LogP contribution is -1.93. The van der Waals surface area contributed by atoms with Crippen molar-refractivity contribution in [3.63, 3.8) is 0 Å². The van der Waals surface area contributed by atoms with Gasteiger partial charge in [-0.1, -0.05) is 11.6 Å². The molecule has 0 saturated heterocycles. The third-order valence-electron chi connectivity index (χ3n) is 1.92. The predicted octanol–water partition coefficient (Wildman–Crippen LogP) is 4.38. The number of rotatable bonds is 2. The minimum absolute atomic E-state index is 0.106. The van der Waals surface area contributed by atoms with E-state index in [4.69, 9.17) is 11.6 Å². The zero-order valence-electron chi connectivity index (χ0n) is 8.05. The molecule has 1 N–H and O–H groups in total. The number of nitrogens with one attached hydrogen (secondary N) is 1. The zero-order chi connectivity index (χ0) is 11.5. The maximum absolute atomic E-state index is 13.1. The van der Waals surface area contributed by atoms with Crippen LogP contribution in [-0.2, 0) is 0 Å². The largest absolute Gasteiger partial charge is 0.340 e. The Kier molecular flexibility index (Phi) is 3.41. The van der Waals surface area contributed by atoms with E-state index >= 15 is 0 Å². The van der Waals surface area contributed by atoms with Crippen LogP contribution in [0.15, 0.2) is 41.0 Å². The van der Waals surface area contributed by atoms with E-state index in [-0.39, 0.29) is 5.02 Å². The van der Waals surface area contributed by atoms with Gasteiger partial charge in [-0.15, -0.1) is 0 Å². The van der Waals surface area contributed by atoms with Crippen LogP contribution in [0.1, 0.15) is 0 Å². The Morgan fingerprint density at radius 2 is 2.06 bits per heavy atom. The first kappa shape index (κ1) is 11.4. The number of aromatic nitrogens is 1. The first-order chi connectivity index (χ1) is 7.65. The number of hydrogen-bond donors (Lipinski definition) is 1. The molecule has 2 aromatic rings. The molecule has 1 heterocycles. The lowest BCUT2D eigenvalue weighted by atomic mass is 10.3. The number of halogens is 3. The van der Waals surface area contributed by atoms with Gasteiger partial charge in [-0.25, -0.2) is 9.37 Å². The van der Waals surface area contributed by atoms with Gasteiger partial charge >= 0.3 is 0 Å². The molecule has 82 valence electrons. The molecule has 0 unspecified atom stereocenters. The Bertz CT molecular complexity index is 502. The Balaban J connectivity index is 2.20. The molecule has 0 spiro atoms. The third kappa shape index (κ3) is 2.71. The molecule has 0 aliphatic carbocycles. The van der Waals surface area contributed by atoms with Gasteiger partial charge < -0.3 is 5.32 Å². The van der Waals surface area contributed by atoms with Gasteiger partial charge in [-0.3, -0.25) is 0 Å². The molecule has 0 atom stereocenters. The molecular weight excluding hydrogens is 294 g/mol. The molecule has 0 fully saturated rings. The summed E-state index contributed by atoms with van der Waals surface area (Å²) >= 11 is 8.86. The van der Waals surface area contributed by atoms with Gasteiger partial charge in [0.05, 0.1) is 5.02 Å². The van der Waals surface area contributed by atoms with Crippen LogP contribution in [0, 0.1) is 5.82 Å². The summed E-state index contributed by atoms with van der Waals surface area (Å²) in [5.74, 6) is 0.189. The normalized spacial score (nSPS) is 10.2.